The highest BCUT2D eigenvalue weighted by Crippen LogP contribution is 2.16. The number of benzene rings is 1. The van der Waals surface area contributed by atoms with Gasteiger partial charge in [-0.25, -0.2) is 4.98 Å². The van der Waals surface area contributed by atoms with Gasteiger partial charge >= 0.3 is 11.8 Å². The molecular formula is C20H25N5O3. The summed E-state index contributed by atoms with van der Waals surface area (Å²) in [4.78, 5) is 42.9. The van der Waals surface area contributed by atoms with E-state index in [0.29, 0.717) is 23.6 Å². The number of hydrogen-bond acceptors (Lipinski definition) is 5. The zero-order valence-corrected chi connectivity index (χ0v) is 16.1. The van der Waals surface area contributed by atoms with Crippen molar-refractivity contribution in [2.45, 2.75) is 25.8 Å². The number of aryl methyl sites for hydroxylation is 1. The van der Waals surface area contributed by atoms with E-state index in [4.69, 9.17) is 0 Å². The molecule has 1 aliphatic rings. The fourth-order valence-corrected chi connectivity index (χ4v) is 3.44. The van der Waals surface area contributed by atoms with Crippen molar-refractivity contribution in [3.8, 4) is 0 Å². The zero-order chi connectivity index (χ0) is 20.1. The lowest BCUT2D eigenvalue weighted by Gasteiger charge is -2.22. The number of nitrogens with zero attached hydrogens (tertiary/aromatic N) is 3. The number of anilines is 1. The van der Waals surface area contributed by atoms with Gasteiger partial charge in [-0.15, -0.1) is 0 Å². The lowest BCUT2D eigenvalue weighted by molar-refractivity contribution is -0.136. The zero-order valence-electron chi connectivity index (χ0n) is 16.1. The van der Waals surface area contributed by atoms with Gasteiger partial charge in [-0.2, -0.15) is 0 Å². The van der Waals surface area contributed by atoms with Crippen molar-refractivity contribution in [1.82, 2.24) is 19.8 Å². The highest BCUT2D eigenvalue weighted by molar-refractivity contribution is 6.39. The monoisotopic (exact) mass is 383 g/mol. The highest BCUT2D eigenvalue weighted by atomic mass is 16.2. The van der Waals surface area contributed by atoms with E-state index in [-0.39, 0.29) is 11.8 Å². The van der Waals surface area contributed by atoms with Crippen LogP contribution < -0.4 is 10.6 Å². The third-order valence-electron chi connectivity index (χ3n) is 5.04. The van der Waals surface area contributed by atoms with Crippen LogP contribution in [0.2, 0.25) is 0 Å². The molecule has 0 saturated carbocycles. The Balaban J connectivity index is 1.53. The topological polar surface area (TPSA) is 96.3 Å². The van der Waals surface area contributed by atoms with E-state index in [1.54, 1.807) is 48.3 Å². The first-order valence-corrected chi connectivity index (χ1v) is 9.45. The quantitative estimate of drug-likeness (QED) is 0.577. The van der Waals surface area contributed by atoms with Crippen LogP contribution in [0.5, 0.6) is 0 Å². The molecular weight excluding hydrogens is 358 g/mol. The van der Waals surface area contributed by atoms with Crippen LogP contribution in [0.25, 0.3) is 0 Å². The Kier molecular flexibility index (Phi) is 6.20. The molecule has 1 aromatic carbocycles. The maximum atomic E-state index is 12.4. The highest BCUT2D eigenvalue weighted by Gasteiger charge is 2.24. The van der Waals surface area contributed by atoms with E-state index in [2.05, 4.69) is 27.4 Å². The second-order valence-electron chi connectivity index (χ2n) is 6.86. The molecule has 0 unspecified atom stereocenters. The van der Waals surface area contributed by atoms with Crippen molar-refractivity contribution in [2.75, 3.05) is 25.0 Å². The van der Waals surface area contributed by atoms with E-state index >= 15 is 0 Å². The van der Waals surface area contributed by atoms with Gasteiger partial charge in [0.25, 0.3) is 0 Å². The van der Waals surface area contributed by atoms with Crippen LogP contribution in [0.3, 0.4) is 0 Å². The van der Waals surface area contributed by atoms with Crippen LogP contribution in [0.15, 0.2) is 36.7 Å². The van der Waals surface area contributed by atoms with Gasteiger partial charge in [-0.05, 0) is 50.2 Å². The van der Waals surface area contributed by atoms with Crippen LogP contribution in [-0.4, -0.2) is 57.7 Å². The summed E-state index contributed by atoms with van der Waals surface area (Å²) in [7, 11) is 1.75. The van der Waals surface area contributed by atoms with E-state index in [9.17, 15) is 14.4 Å². The fraction of sp³-hybridized carbons (Fsp3) is 0.400. The summed E-state index contributed by atoms with van der Waals surface area (Å²) in [6.07, 6.45) is 5.41. The second kappa shape index (κ2) is 8.79. The van der Waals surface area contributed by atoms with Crippen molar-refractivity contribution in [1.29, 1.82) is 0 Å². The Bertz CT molecular complexity index is 859. The van der Waals surface area contributed by atoms with Crippen molar-refractivity contribution in [3.05, 3.63) is 48.0 Å². The first-order chi connectivity index (χ1) is 13.5. The van der Waals surface area contributed by atoms with Crippen LogP contribution in [0, 0.1) is 0 Å². The van der Waals surface area contributed by atoms with Crippen LogP contribution in [-0.2, 0) is 16.6 Å². The summed E-state index contributed by atoms with van der Waals surface area (Å²) in [6.45, 7) is 4.54. The van der Waals surface area contributed by atoms with Crippen LogP contribution in [0.1, 0.15) is 35.9 Å². The van der Waals surface area contributed by atoms with E-state index in [1.165, 1.54) is 0 Å². The number of aromatic nitrogens is 2. The van der Waals surface area contributed by atoms with Gasteiger partial charge in [0.05, 0.1) is 0 Å². The summed E-state index contributed by atoms with van der Waals surface area (Å²) in [5, 5.41) is 5.26. The summed E-state index contributed by atoms with van der Waals surface area (Å²) in [5.41, 5.74) is 0.908. The van der Waals surface area contributed by atoms with Crippen molar-refractivity contribution in [2.24, 2.45) is 7.05 Å². The lowest BCUT2D eigenvalue weighted by Crippen LogP contribution is -2.43. The second-order valence-corrected chi connectivity index (χ2v) is 6.86. The molecule has 2 N–H and O–H groups in total. The van der Waals surface area contributed by atoms with Gasteiger partial charge in [0.1, 0.15) is 0 Å². The summed E-state index contributed by atoms with van der Waals surface area (Å²) in [6, 6.07) is 6.68. The first-order valence-electron chi connectivity index (χ1n) is 9.45. The minimum absolute atomic E-state index is 0.208. The molecule has 0 aliphatic carbocycles. The predicted molar refractivity (Wildman–Crippen MR) is 105 cm³/mol. The molecule has 1 aliphatic heterocycles. The Morgan fingerprint density at radius 1 is 1.18 bits per heavy atom. The minimum Gasteiger partial charge on any atom is -0.346 e. The van der Waals surface area contributed by atoms with Gasteiger partial charge in [-0.1, -0.05) is 6.92 Å². The fourth-order valence-electron chi connectivity index (χ4n) is 3.44. The number of likely N-dealkylation sites (N-methyl/N-ethyl adjacent to an activating group) is 1. The molecule has 2 heterocycles. The molecule has 1 aromatic heterocycles. The van der Waals surface area contributed by atoms with Gasteiger partial charge in [-0.3, -0.25) is 19.3 Å². The molecule has 2 aromatic rings. The molecule has 1 saturated heterocycles. The standard InChI is InChI=1S/C20H25N5O3/c1-3-25-11-4-5-16(25)13-22-19(27)20(28)23-15-8-6-14(7-9-15)17(26)18-21-10-12-24(18)2/h6-10,12,16H,3-5,11,13H2,1-2H3,(H,22,27)(H,23,28)/t16-/m0/s1. The molecule has 8 nitrogen and oxygen atoms in total. The average Bonchev–Trinajstić information content (AvgIpc) is 3.34. The van der Waals surface area contributed by atoms with E-state index in [1.807, 2.05) is 0 Å². The summed E-state index contributed by atoms with van der Waals surface area (Å²) in [5.74, 6) is -1.25. The summed E-state index contributed by atoms with van der Waals surface area (Å²) >= 11 is 0. The van der Waals surface area contributed by atoms with E-state index in [0.717, 1.165) is 25.9 Å². The number of carbonyl (C=O) groups excluding carboxylic acids is 3. The number of hydrogen-bond donors (Lipinski definition) is 2. The molecule has 0 bridgehead atoms. The number of ketones is 1. The van der Waals surface area contributed by atoms with Crippen molar-refractivity contribution < 1.29 is 14.4 Å². The van der Waals surface area contributed by atoms with Gasteiger partial charge in [0.2, 0.25) is 5.78 Å². The Labute approximate surface area is 163 Å². The number of amides is 2. The predicted octanol–water partition coefficient (Wildman–Crippen LogP) is 1.19. The number of rotatable bonds is 6. The number of carbonyl (C=O) groups is 3. The normalized spacial score (nSPS) is 16.7. The molecule has 8 heteroatoms. The molecule has 148 valence electrons. The molecule has 0 spiro atoms. The molecule has 28 heavy (non-hydrogen) atoms. The van der Waals surface area contributed by atoms with Crippen molar-refractivity contribution >= 4 is 23.3 Å². The van der Waals surface area contributed by atoms with E-state index < -0.39 is 11.8 Å². The van der Waals surface area contributed by atoms with Gasteiger partial charge < -0.3 is 15.2 Å². The largest absolute Gasteiger partial charge is 0.346 e. The SMILES string of the molecule is CCN1CCC[C@H]1CNC(=O)C(=O)Nc1ccc(C(=O)c2nccn2C)cc1. The third-order valence-corrected chi connectivity index (χ3v) is 5.04. The molecule has 0 radical (unpaired) electrons. The Morgan fingerprint density at radius 3 is 2.57 bits per heavy atom. The average molecular weight is 383 g/mol. The van der Waals surface area contributed by atoms with Gasteiger partial charge in [0.15, 0.2) is 5.82 Å². The molecule has 1 atom stereocenters. The van der Waals surface area contributed by atoms with Crippen LogP contribution in [0.4, 0.5) is 5.69 Å². The van der Waals surface area contributed by atoms with Gasteiger partial charge in [0, 0.05) is 43.3 Å². The number of imidazole rings is 1. The maximum Gasteiger partial charge on any atom is 0.313 e. The minimum atomic E-state index is -0.718. The molecule has 2 amide bonds. The smallest absolute Gasteiger partial charge is 0.313 e. The third kappa shape index (κ3) is 4.45. The summed E-state index contributed by atoms with van der Waals surface area (Å²) < 4.78 is 1.65. The molecule has 3 rings (SSSR count). The molecule has 1 fully saturated rings. The van der Waals surface area contributed by atoms with Crippen LogP contribution >= 0.6 is 0 Å². The Morgan fingerprint density at radius 2 is 1.93 bits per heavy atom. The maximum absolute atomic E-state index is 12.4. The number of likely N-dealkylation sites (tertiary alicyclic amines) is 1. The lowest BCUT2D eigenvalue weighted by atomic mass is 10.1. The van der Waals surface area contributed by atoms with Crippen molar-refractivity contribution in [3.63, 3.8) is 0 Å². The first kappa shape index (κ1) is 19.8. The Hall–Kier alpha value is -3.00. The number of nitrogens with one attached hydrogen (secondary N) is 2.